The number of pyridine rings is 1. The van der Waals surface area contributed by atoms with Gasteiger partial charge in [-0.25, -0.2) is 4.98 Å². The van der Waals surface area contributed by atoms with Crippen LogP contribution in [0.5, 0.6) is 11.5 Å². The minimum Gasteiger partial charge on any atom is -0.510 e. The number of nitrogens with zero attached hydrogens (tertiary/aromatic N) is 4. The fourth-order valence-corrected chi connectivity index (χ4v) is 21.1. The maximum atomic E-state index is 11.4. The van der Waals surface area contributed by atoms with Crippen LogP contribution in [0.4, 0.5) is 0 Å². The van der Waals surface area contributed by atoms with Gasteiger partial charge in [0.15, 0.2) is 16.1 Å². The molecule has 0 aliphatic heterocycles. The Morgan fingerprint density at radius 3 is 1.42 bits per heavy atom. The second-order valence-corrected chi connectivity index (χ2v) is 35.0. The molecule has 0 spiro atoms. The molecule has 8 heteroatoms. The van der Waals surface area contributed by atoms with E-state index in [4.69, 9.17) is 28.9 Å². The molecule has 0 aliphatic rings. The molecule has 0 saturated heterocycles. The van der Waals surface area contributed by atoms with Gasteiger partial charge in [0.1, 0.15) is 5.82 Å². The molecule has 15 aromatic carbocycles. The zero-order valence-corrected chi connectivity index (χ0v) is 64.8. The molecule has 0 atom stereocenters. The average Bonchev–Trinajstić information content (AvgIpc) is 1.41. The quantitative estimate of drug-likeness (QED) is 0.0394. The van der Waals surface area contributed by atoms with E-state index in [2.05, 4.69) is 18.5 Å². The molecule has 18 rings (SSSR count). The first-order valence-electron chi connectivity index (χ1n) is 58.0. The van der Waals surface area contributed by atoms with Crippen LogP contribution in [0, 0.1) is 25.3 Å². The summed E-state index contributed by atoms with van der Waals surface area (Å²) in [7, 11) is -13.2. The molecule has 0 aliphatic carbocycles. The van der Waals surface area contributed by atoms with Crippen molar-refractivity contribution in [2.45, 2.75) is 59.2 Å². The van der Waals surface area contributed by atoms with E-state index in [1.165, 1.54) is 69.8 Å². The molecule has 0 bridgehead atoms. The van der Waals surface area contributed by atoms with Crippen molar-refractivity contribution < 1.29 is 93.4 Å². The maximum absolute atomic E-state index is 11.4. The molecule has 0 fully saturated rings. The van der Waals surface area contributed by atoms with Crippen LogP contribution in [0.25, 0.3) is 94.5 Å². The number of ether oxygens (including phenoxy) is 1. The Balaban J connectivity index is 0.0000170. The Morgan fingerprint density at radius 1 is 0.398 bits per heavy atom. The van der Waals surface area contributed by atoms with Crippen LogP contribution in [-0.2, 0) is 31.9 Å². The first-order valence-corrected chi connectivity index (χ1v) is 39.0. The van der Waals surface area contributed by atoms with Gasteiger partial charge in [-0.15, -0.1) is 29.7 Å². The van der Waals surface area contributed by atoms with Gasteiger partial charge in [-0.3, -0.25) is 4.57 Å². The van der Waals surface area contributed by atoms with E-state index in [0.717, 1.165) is 6.20 Å². The molecular weight excluding hydrogens is 1580 g/mol. The molecular formula is C105H84N4OPtSi2-2. The molecule has 113 heavy (non-hydrogen) atoms. The predicted octanol–water partition coefficient (Wildman–Crippen LogP) is 19.9. The van der Waals surface area contributed by atoms with Crippen LogP contribution in [0.2, 0.25) is 0 Å². The summed E-state index contributed by atoms with van der Waals surface area (Å²) in [5.41, 5.74) is -3.70. The first kappa shape index (κ1) is 37.8. The van der Waals surface area contributed by atoms with E-state index in [0.29, 0.717) is 33.0 Å². The molecule has 550 valence electrons. The molecule has 3 aromatic heterocycles. The van der Waals surface area contributed by atoms with Gasteiger partial charge in [-0.05, 0) is 144 Å². The minimum atomic E-state index is -6.66. The standard InChI is InChI=1S/C105H84N4OSi2.Pt/c1-74-63-102(106-72-97(74)75-35-15-8-16-36-75)109-98-58-30-29-55-95(98)96-61-60-84(71-100(96)109)110-83-40-33-39-82(70-83)107-73-108(99-62-59-77(68-101(99)107)76-37-31-53-91(66-76)111(85-41-17-9-18-42-85,86-43-19-10-20-44-86)87-45-21-11-22-46-87)103-93(56-34-57-94(103)79-64-80(104(2,3)4)69-81(65-79)105(5,6)7)78-38-32-54-92(67-78)112(88-47-23-12-24-48-88,89-49-25-13-26-50-89)90-51-27-14-28-52-90;/h8-69,72H,1-7H3;/q-2;/i1D3,8D,9D,10D,11D,12D,13D,14D,15D,16D,17D,18D,19D,20D,21D,22D,23D,24D,25D,26D,27D,28D,31D,32D,35D,36D,37D,38D,41D,42D,43D,44D,45D,46D,47D,48D,49D,50D,51D,52D,53D,54D,66D,67D;. The smallest absolute Gasteiger partial charge is 0.268 e. The van der Waals surface area contributed by atoms with Crippen molar-refractivity contribution in [3.63, 3.8) is 0 Å². The third-order valence-corrected chi connectivity index (χ3v) is 27.4. The SMILES string of the molecule is [2H]c1c([2H])c([2H])c(-c2cnc(-n3c4[c-]c(Oc5[c-]c(-n6[c-][n+](-c7c(-c8cc(C(C)(C)C)cc(C(C)(C)C)c8)cccc7-c7c([2H])c([2H])c([2H])c([Si](c8c([2H])c([2H])c([2H])c([2H])c8[2H])(c8c([2H])c([2H])c([2H])c([2H])c8[2H])c8c([2H])c([2H])c([2H])c([2H])c8[2H])c7[2H])c7ccc(-c8c([2H])c([2H])c([2H])c([Si](c9c([2H])c([2H])c([2H])c([2H])c9[2H])(c9c([2H])c([2H])c([2H])c([2H])c9[2H])c9c([2H])c([2H])c([2H])c([2H])c9[2H])c8[2H])cc76)ccc5)ccc4c4ccccc43)cc2C([2H])([2H])[2H])c([2H])c1[2H].[Pt]. The van der Waals surface area contributed by atoms with Gasteiger partial charge in [-0.1, -0.05) is 374 Å². The average molecular weight is 1720 g/mol. The van der Waals surface area contributed by atoms with Gasteiger partial charge in [0.2, 0.25) is 0 Å². The summed E-state index contributed by atoms with van der Waals surface area (Å²) in [5, 5.41) is -8.25. The summed E-state index contributed by atoms with van der Waals surface area (Å²) >= 11 is 0. The normalized spacial score (nSPS) is 17.8. The Labute approximate surface area is 744 Å². The Morgan fingerprint density at radius 2 is 0.876 bits per heavy atom. The van der Waals surface area contributed by atoms with E-state index in [1.54, 1.807) is 53.1 Å². The molecule has 5 nitrogen and oxygen atoms in total. The number of rotatable bonds is 17. The van der Waals surface area contributed by atoms with Crippen LogP contribution in [-0.4, -0.2) is 30.3 Å². The van der Waals surface area contributed by atoms with Gasteiger partial charge >= 0.3 is 0 Å². The van der Waals surface area contributed by atoms with E-state index < -0.39 is 369 Å². The van der Waals surface area contributed by atoms with Crippen LogP contribution in [0.1, 0.15) is 121 Å². The fourth-order valence-electron chi connectivity index (χ4n) is 14.0. The van der Waals surface area contributed by atoms with Gasteiger partial charge < -0.3 is 13.9 Å². The number of imidazole rings is 1. The van der Waals surface area contributed by atoms with Crippen molar-refractivity contribution in [2.75, 3.05) is 0 Å². The number of hydrogen-bond donors (Lipinski definition) is 0. The zero-order chi connectivity index (χ0) is 116. The Bertz CT molecular complexity index is 8850. The molecule has 0 unspecified atom stereocenters. The minimum absolute atomic E-state index is 0. The maximum Gasteiger partial charge on any atom is 0.268 e. The largest absolute Gasteiger partial charge is 0.510 e. The number of para-hydroxylation sites is 2. The van der Waals surface area contributed by atoms with Crippen molar-refractivity contribution in [1.29, 1.82) is 0 Å². The molecule has 18 aromatic rings. The van der Waals surface area contributed by atoms with Gasteiger partial charge in [0.05, 0.1) is 75.7 Å². The number of aromatic nitrogens is 4. The predicted molar refractivity (Wildman–Crippen MR) is 471 cm³/mol. The van der Waals surface area contributed by atoms with Crippen LogP contribution in [0.15, 0.2) is 381 Å². The third kappa shape index (κ3) is 13.5. The Kier molecular flexibility index (Phi) is 10.2. The Hall–Kier alpha value is -12.4. The van der Waals surface area contributed by atoms with Crippen LogP contribution >= 0.6 is 0 Å². The van der Waals surface area contributed by atoms with E-state index >= 15 is 0 Å². The molecule has 0 amide bonds. The summed E-state index contributed by atoms with van der Waals surface area (Å²) in [6.45, 7) is 8.44. The monoisotopic (exact) mass is 1710 g/mol. The van der Waals surface area contributed by atoms with Crippen molar-refractivity contribution in [3.05, 3.63) is 416 Å². The zero-order valence-electron chi connectivity index (χ0n) is 107. The van der Waals surface area contributed by atoms with Gasteiger partial charge in [-0.2, -0.15) is 18.2 Å². The number of benzene rings is 15. The summed E-state index contributed by atoms with van der Waals surface area (Å²) < 4.78 is 452. The van der Waals surface area contributed by atoms with E-state index in [9.17, 15) is 43.9 Å². The van der Waals surface area contributed by atoms with Crippen molar-refractivity contribution in [3.8, 4) is 73.2 Å². The number of fused-ring (bicyclic) bond motifs is 4. The van der Waals surface area contributed by atoms with Crippen LogP contribution in [0.3, 0.4) is 0 Å². The fraction of sp³-hybridized carbons (Fsp3) is 0.0857. The second-order valence-electron chi connectivity index (χ2n) is 28.0. The van der Waals surface area contributed by atoms with Gasteiger partial charge in [0.25, 0.3) is 6.33 Å². The molecule has 3 heterocycles. The van der Waals surface area contributed by atoms with Crippen molar-refractivity contribution >= 4 is 90.5 Å². The summed E-state index contributed by atoms with van der Waals surface area (Å²) in [5.74, 6) is -0.368. The summed E-state index contributed by atoms with van der Waals surface area (Å²) in [4.78, 5) is 4.71. The summed E-state index contributed by atoms with van der Waals surface area (Å²) in [6.07, 6.45) is 4.50. The van der Waals surface area contributed by atoms with Crippen LogP contribution < -0.4 is 50.8 Å². The number of aryl methyl sites for hydroxylation is 1. The first-order chi connectivity index (χ1) is 73.7. The van der Waals surface area contributed by atoms with Gasteiger partial charge in [0, 0.05) is 54.0 Å². The van der Waals surface area contributed by atoms with Crippen molar-refractivity contribution in [1.82, 2.24) is 14.1 Å². The topological polar surface area (TPSA) is 35.9 Å². The van der Waals surface area contributed by atoms with Crippen molar-refractivity contribution in [2.24, 2.45) is 0 Å². The molecule has 0 saturated carbocycles. The van der Waals surface area contributed by atoms with E-state index in [-0.39, 0.29) is 77.4 Å². The third-order valence-electron chi connectivity index (χ3n) is 19.4. The second kappa shape index (κ2) is 30.4. The number of hydrogen-bond acceptors (Lipinski definition) is 2. The summed E-state index contributed by atoms with van der Waals surface area (Å²) in [6, 6.07) is -14.9. The molecule has 0 radical (unpaired) electrons. The molecule has 0 N–H and O–H groups in total. The van der Waals surface area contributed by atoms with E-state index in [1.807, 2.05) is 47.6 Å².